The Hall–Kier alpha value is -1.12. The first kappa shape index (κ1) is 22.9. The molecule has 0 amide bonds. The molecule has 0 bridgehead atoms. The summed E-state index contributed by atoms with van der Waals surface area (Å²) in [5.41, 5.74) is 2.63. The van der Waals surface area contributed by atoms with Crippen LogP contribution >= 0.6 is 24.0 Å². The summed E-state index contributed by atoms with van der Waals surface area (Å²) >= 11 is 0. The van der Waals surface area contributed by atoms with Crippen molar-refractivity contribution in [2.75, 3.05) is 46.9 Å². The molecule has 146 valence electrons. The Bertz CT molecular complexity index is 541. The fourth-order valence-electron chi connectivity index (χ4n) is 2.92. The van der Waals surface area contributed by atoms with Crippen LogP contribution in [0.15, 0.2) is 41.9 Å². The van der Waals surface area contributed by atoms with Gasteiger partial charge in [-0.15, -0.1) is 30.6 Å². The van der Waals surface area contributed by atoms with E-state index in [0.717, 1.165) is 64.7 Å². The topological polar surface area (TPSA) is 40.1 Å². The predicted molar refractivity (Wildman–Crippen MR) is 120 cm³/mol. The van der Waals surface area contributed by atoms with Crippen LogP contribution < -0.4 is 5.32 Å². The number of halogens is 1. The van der Waals surface area contributed by atoms with Crippen LogP contribution in [0.1, 0.15) is 24.0 Å². The molecule has 1 N–H and O–H groups in total. The first-order valence-corrected chi connectivity index (χ1v) is 9.13. The molecule has 0 unspecified atom stereocenters. The van der Waals surface area contributed by atoms with Crippen molar-refractivity contribution in [3.63, 3.8) is 0 Å². The van der Waals surface area contributed by atoms with E-state index in [0.29, 0.717) is 0 Å². The van der Waals surface area contributed by atoms with Crippen LogP contribution in [0, 0.1) is 0 Å². The van der Waals surface area contributed by atoms with Crippen molar-refractivity contribution in [2.24, 2.45) is 4.99 Å². The Kier molecular flexibility index (Phi) is 11.6. The molecule has 0 atom stereocenters. The van der Waals surface area contributed by atoms with Gasteiger partial charge in [0.2, 0.25) is 0 Å². The summed E-state index contributed by atoms with van der Waals surface area (Å²) in [7, 11) is 3.90. The normalized spacial score (nSPS) is 15.2. The quantitative estimate of drug-likeness (QED) is 0.208. The lowest BCUT2D eigenvalue weighted by atomic mass is 10.1. The molecule has 26 heavy (non-hydrogen) atoms. The Morgan fingerprint density at radius 1 is 1.27 bits per heavy atom. The van der Waals surface area contributed by atoms with Gasteiger partial charge in [-0.2, -0.15) is 0 Å². The number of morpholine rings is 1. The van der Waals surface area contributed by atoms with Gasteiger partial charge in [-0.3, -0.25) is 9.89 Å². The average Bonchev–Trinajstić information content (AvgIpc) is 2.64. The Labute approximate surface area is 175 Å². The minimum atomic E-state index is 0. The largest absolute Gasteiger partial charge is 0.379 e. The molecule has 0 radical (unpaired) electrons. The summed E-state index contributed by atoms with van der Waals surface area (Å²) in [6.07, 6.45) is 4.09. The van der Waals surface area contributed by atoms with Gasteiger partial charge in [-0.25, -0.2) is 0 Å². The Morgan fingerprint density at radius 3 is 2.54 bits per heavy atom. The summed E-state index contributed by atoms with van der Waals surface area (Å²) in [5, 5.41) is 3.44. The molecule has 1 saturated heterocycles. The number of unbranched alkanes of at least 4 members (excludes halogenated alkanes) is 1. The summed E-state index contributed by atoms with van der Waals surface area (Å²) in [4.78, 5) is 8.97. The number of rotatable bonds is 8. The van der Waals surface area contributed by atoms with E-state index in [-0.39, 0.29) is 24.0 Å². The molecule has 0 saturated carbocycles. The highest BCUT2D eigenvalue weighted by atomic mass is 127. The lowest BCUT2D eigenvalue weighted by molar-refractivity contribution is 0.0342. The Balaban J connectivity index is 0.00000338. The van der Waals surface area contributed by atoms with Gasteiger partial charge < -0.3 is 15.0 Å². The fourth-order valence-corrected chi connectivity index (χ4v) is 2.92. The third-order valence-corrected chi connectivity index (χ3v) is 4.46. The summed E-state index contributed by atoms with van der Waals surface area (Å²) in [5.74, 6) is 0.932. The molecule has 1 aromatic carbocycles. The minimum Gasteiger partial charge on any atom is -0.379 e. The van der Waals surface area contributed by atoms with Crippen LogP contribution in [0.2, 0.25) is 0 Å². The van der Waals surface area contributed by atoms with Gasteiger partial charge in [0.05, 0.1) is 13.2 Å². The summed E-state index contributed by atoms with van der Waals surface area (Å²) in [6.45, 7) is 10.3. The lowest BCUT2D eigenvalue weighted by Crippen LogP contribution is -2.39. The van der Waals surface area contributed by atoms with Crippen molar-refractivity contribution >= 4 is 29.9 Å². The third kappa shape index (κ3) is 8.05. The highest BCUT2D eigenvalue weighted by molar-refractivity contribution is 14.0. The number of allylic oxidation sites excluding steroid dienone is 1. The smallest absolute Gasteiger partial charge is 0.193 e. The van der Waals surface area contributed by atoms with Crippen LogP contribution in [0.5, 0.6) is 0 Å². The molecule has 0 aromatic heterocycles. The zero-order valence-electron chi connectivity index (χ0n) is 16.1. The molecule has 0 aliphatic carbocycles. The van der Waals surface area contributed by atoms with Gasteiger partial charge in [0, 0.05) is 46.8 Å². The molecule has 1 aliphatic heterocycles. The SMILES string of the molecule is C=CCCCN(C)C(=NC)NCc1ccc(CN2CCOCC2)cc1.I. The third-order valence-electron chi connectivity index (χ3n) is 4.46. The Morgan fingerprint density at radius 2 is 1.92 bits per heavy atom. The zero-order valence-corrected chi connectivity index (χ0v) is 18.4. The molecule has 1 fully saturated rings. The minimum absolute atomic E-state index is 0. The summed E-state index contributed by atoms with van der Waals surface area (Å²) < 4.78 is 5.40. The second kappa shape index (κ2) is 13.1. The van der Waals surface area contributed by atoms with E-state index in [1.54, 1.807) is 0 Å². The molecule has 0 spiro atoms. The average molecular weight is 472 g/mol. The zero-order chi connectivity index (χ0) is 17.9. The van der Waals surface area contributed by atoms with Gasteiger partial charge >= 0.3 is 0 Å². The number of nitrogens with zero attached hydrogens (tertiary/aromatic N) is 3. The monoisotopic (exact) mass is 472 g/mol. The number of hydrogen-bond donors (Lipinski definition) is 1. The van der Waals surface area contributed by atoms with Gasteiger partial charge in [-0.1, -0.05) is 30.3 Å². The number of guanidine groups is 1. The second-order valence-corrected chi connectivity index (χ2v) is 6.46. The molecular weight excluding hydrogens is 439 g/mol. The maximum atomic E-state index is 5.40. The van der Waals surface area contributed by atoms with Gasteiger partial charge in [-0.05, 0) is 24.0 Å². The number of nitrogens with one attached hydrogen (secondary N) is 1. The number of ether oxygens (including phenoxy) is 1. The highest BCUT2D eigenvalue weighted by Crippen LogP contribution is 2.09. The van der Waals surface area contributed by atoms with Crippen LogP contribution in [0.4, 0.5) is 0 Å². The van der Waals surface area contributed by atoms with Gasteiger partial charge in [0.25, 0.3) is 0 Å². The number of aliphatic imine (C=N–C) groups is 1. The van der Waals surface area contributed by atoms with E-state index in [9.17, 15) is 0 Å². The van der Waals surface area contributed by atoms with E-state index in [2.05, 4.69) is 58.0 Å². The van der Waals surface area contributed by atoms with E-state index in [1.165, 1.54) is 11.1 Å². The van der Waals surface area contributed by atoms with Crippen LogP contribution in [0.3, 0.4) is 0 Å². The van der Waals surface area contributed by atoms with Crippen LogP contribution in [-0.2, 0) is 17.8 Å². The van der Waals surface area contributed by atoms with Gasteiger partial charge in [0.1, 0.15) is 0 Å². The van der Waals surface area contributed by atoms with Crippen molar-refractivity contribution in [3.05, 3.63) is 48.0 Å². The molecule has 6 heteroatoms. The molecule has 1 aliphatic rings. The van der Waals surface area contributed by atoms with Crippen molar-refractivity contribution < 1.29 is 4.74 Å². The predicted octanol–water partition coefficient (Wildman–Crippen LogP) is 3.11. The van der Waals surface area contributed by atoms with E-state index in [1.807, 2.05) is 13.1 Å². The maximum Gasteiger partial charge on any atom is 0.193 e. The van der Waals surface area contributed by atoms with E-state index < -0.39 is 0 Å². The fraction of sp³-hybridized carbons (Fsp3) is 0.550. The molecule has 2 rings (SSSR count). The molecule has 1 heterocycles. The number of hydrogen-bond acceptors (Lipinski definition) is 3. The van der Waals surface area contributed by atoms with E-state index >= 15 is 0 Å². The summed E-state index contributed by atoms with van der Waals surface area (Å²) in [6, 6.07) is 8.85. The standard InChI is InChI=1S/C20H32N4O.HI/c1-4-5-6-11-23(3)20(21-2)22-16-18-7-9-19(10-8-18)17-24-12-14-25-15-13-24;/h4,7-10H,1,5-6,11-17H2,2-3H3,(H,21,22);1H. The second-order valence-electron chi connectivity index (χ2n) is 6.46. The van der Waals surface area contributed by atoms with Crippen LogP contribution in [-0.4, -0.2) is 62.7 Å². The van der Waals surface area contributed by atoms with Crippen molar-refractivity contribution in [1.29, 1.82) is 0 Å². The van der Waals surface area contributed by atoms with Gasteiger partial charge in [0.15, 0.2) is 5.96 Å². The maximum absolute atomic E-state index is 5.40. The molecule has 5 nitrogen and oxygen atoms in total. The van der Waals surface area contributed by atoms with Crippen LogP contribution in [0.25, 0.3) is 0 Å². The first-order chi connectivity index (χ1) is 12.2. The lowest BCUT2D eigenvalue weighted by Gasteiger charge is -2.26. The first-order valence-electron chi connectivity index (χ1n) is 9.13. The van der Waals surface area contributed by atoms with Crippen molar-refractivity contribution in [3.8, 4) is 0 Å². The van der Waals surface area contributed by atoms with Crippen molar-refractivity contribution in [2.45, 2.75) is 25.9 Å². The molecular formula is C20H33IN4O. The molecule has 1 aromatic rings. The highest BCUT2D eigenvalue weighted by Gasteiger charge is 2.10. The van der Waals surface area contributed by atoms with Crippen molar-refractivity contribution in [1.82, 2.24) is 15.1 Å². The number of benzene rings is 1. The van der Waals surface area contributed by atoms with E-state index in [4.69, 9.17) is 4.74 Å².